The molecule has 154 valence electrons. The molecule has 0 atom stereocenters. The number of urea groups is 1. The van der Waals surface area contributed by atoms with Gasteiger partial charge in [-0.05, 0) is 36.6 Å². The third kappa shape index (κ3) is 4.34. The summed E-state index contributed by atoms with van der Waals surface area (Å²) >= 11 is 6.45. The monoisotopic (exact) mass is 425 g/mol. The molecule has 0 spiro atoms. The molecule has 8 nitrogen and oxygen atoms in total. The van der Waals surface area contributed by atoms with Crippen molar-refractivity contribution in [3.8, 4) is 11.5 Å². The van der Waals surface area contributed by atoms with Gasteiger partial charge in [0.05, 0.1) is 22.9 Å². The maximum absolute atomic E-state index is 12.5. The largest absolute Gasteiger partial charge is 0.444 e. The first kappa shape index (κ1) is 20.1. The summed E-state index contributed by atoms with van der Waals surface area (Å²) in [6, 6.07) is 5.22. The van der Waals surface area contributed by atoms with Crippen molar-refractivity contribution < 1.29 is 14.3 Å². The second-order valence-corrected chi connectivity index (χ2v) is 7.34. The Morgan fingerprint density at radius 3 is 2.83 bits per heavy atom. The number of nitrogens with zero attached hydrogens (tertiary/aromatic N) is 4. The van der Waals surface area contributed by atoms with Crippen LogP contribution in [0.4, 0.5) is 10.6 Å². The SMILES string of the molecule is Cc1ccc(NC(=O)N2CC=C(c3ncc(-c4nc(CO)co4)cc3Cl)CC2)nc1. The zero-order valence-corrected chi connectivity index (χ0v) is 17.1. The summed E-state index contributed by atoms with van der Waals surface area (Å²) in [7, 11) is 0. The molecule has 2 amide bonds. The van der Waals surface area contributed by atoms with Crippen molar-refractivity contribution >= 4 is 29.0 Å². The quantitative estimate of drug-likeness (QED) is 0.656. The van der Waals surface area contributed by atoms with E-state index in [9.17, 15) is 4.79 Å². The molecule has 2 N–H and O–H groups in total. The number of nitrogens with one attached hydrogen (secondary N) is 1. The van der Waals surface area contributed by atoms with Gasteiger partial charge < -0.3 is 14.4 Å². The zero-order valence-electron chi connectivity index (χ0n) is 16.3. The lowest BCUT2D eigenvalue weighted by molar-refractivity contribution is 0.217. The van der Waals surface area contributed by atoms with Crippen LogP contribution in [0.1, 0.15) is 23.4 Å². The number of aryl methyl sites for hydroxylation is 1. The van der Waals surface area contributed by atoms with Crippen molar-refractivity contribution in [2.24, 2.45) is 0 Å². The Bertz CT molecular complexity index is 1090. The highest BCUT2D eigenvalue weighted by Gasteiger charge is 2.21. The van der Waals surface area contributed by atoms with Crippen LogP contribution in [0.25, 0.3) is 17.0 Å². The fraction of sp³-hybridized carbons (Fsp3) is 0.238. The number of hydrogen-bond acceptors (Lipinski definition) is 6. The van der Waals surface area contributed by atoms with Gasteiger partial charge in [-0.3, -0.25) is 10.3 Å². The number of hydrogen-bond donors (Lipinski definition) is 2. The maximum atomic E-state index is 12.5. The number of aromatic nitrogens is 3. The van der Waals surface area contributed by atoms with E-state index >= 15 is 0 Å². The average molecular weight is 426 g/mol. The average Bonchev–Trinajstić information content (AvgIpc) is 3.25. The Kier molecular flexibility index (Phi) is 5.78. The molecule has 0 fully saturated rings. The molecule has 0 aliphatic carbocycles. The van der Waals surface area contributed by atoms with E-state index in [2.05, 4.69) is 20.3 Å². The van der Waals surface area contributed by atoms with E-state index in [4.69, 9.17) is 21.1 Å². The molecule has 3 aromatic heterocycles. The Morgan fingerprint density at radius 1 is 1.33 bits per heavy atom. The Labute approximate surface area is 178 Å². The van der Waals surface area contributed by atoms with Gasteiger partial charge in [0.1, 0.15) is 17.8 Å². The predicted molar refractivity (Wildman–Crippen MR) is 113 cm³/mol. The number of amides is 2. The molecule has 0 saturated carbocycles. The van der Waals surface area contributed by atoms with Gasteiger partial charge in [-0.1, -0.05) is 23.7 Å². The Morgan fingerprint density at radius 2 is 2.20 bits per heavy atom. The first-order valence-corrected chi connectivity index (χ1v) is 9.80. The fourth-order valence-corrected chi connectivity index (χ4v) is 3.39. The van der Waals surface area contributed by atoms with E-state index in [-0.39, 0.29) is 12.6 Å². The topological polar surface area (TPSA) is 104 Å². The maximum Gasteiger partial charge on any atom is 0.323 e. The molecule has 0 unspecified atom stereocenters. The molecule has 0 bridgehead atoms. The highest BCUT2D eigenvalue weighted by Crippen LogP contribution is 2.30. The lowest BCUT2D eigenvalue weighted by atomic mass is 10.0. The number of anilines is 1. The number of halogens is 1. The second-order valence-electron chi connectivity index (χ2n) is 6.93. The number of carbonyl (C=O) groups is 1. The summed E-state index contributed by atoms with van der Waals surface area (Å²) in [4.78, 5) is 27.0. The minimum atomic E-state index is -0.195. The van der Waals surface area contributed by atoms with Crippen LogP contribution in [0.5, 0.6) is 0 Å². The van der Waals surface area contributed by atoms with E-state index in [1.54, 1.807) is 29.4 Å². The summed E-state index contributed by atoms with van der Waals surface area (Å²) in [6.07, 6.45) is 7.33. The van der Waals surface area contributed by atoms with Crippen LogP contribution < -0.4 is 5.32 Å². The lowest BCUT2D eigenvalue weighted by Gasteiger charge is -2.26. The summed E-state index contributed by atoms with van der Waals surface area (Å²) in [6.45, 7) is 2.74. The van der Waals surface area contributed by atoms with Gasteiger partial charge in [0.15, 0.2) is 0 Å². The van der Waals surface area contributed by atoms with Gasteiger partial charge in [-0.2, -0.15) is 0 Å². The summed E-state index contributed by atoms with van der Waals surface area (Å²) in [5.41, 5.74) is 3.76. The van der Waals surface area contributed by atoms with Crippen molar-refractivity contribution in [1.82, 2.24) is 19.9 Å². The molecule has 9 heteroatoms. The second kappa shape index (κ2) is 8.64. The molecule has 30 heavy (non-hydrogen) atoms. The Balaban J connectivity index is 1.43. The number of rotatable bonds is 4. The highest BCUT2D eigenvalue weighted by atomic mass is 35.5. The Hall–Kier alpha value is -3.23. The van der Waals surface area contributed by atoms with Gasteiger partial charge in [-0.15, -0.1) is 0 Å². The van der Waals surface area contributed by atoms with E-state index in [1.807, 2.05) is 19.1 Å². The number of carbonyl (C=O) groups excluding carboxylic acids is 1. The van der Waals surface area contributed by atoms with Crippen LogP contribution in [0, 0.1) is 6.92 Å². The number of oxazole rings is 1. The van der Waals surface area contributed by atoms with Gasteiger partial charge in [-0.25, -0.2) is 14.8 Å². The van der Waals surface area contributed by atoms with Gasteiger partial charge >= 0.3 is 6.03 Å². The molecule has 0 radical (unpaired) electrons. The van der Waals surface area contributed by atoms with Gasteiger partial charge in [0.25, 0.3) is 0 Å². The number of aliphatic hydroxyl groups is 1. The van der Waals surface area contributed by atoms with Crippen molar-refractivity contribution in [3.05, 3.63) is 64.9 Å². The first-order chi connectivity index (χ1) is 14.5. The van der Waals surface area contributed by atoms with E-state index in [0.717, 1.165) is 11.1 Å². The first-order valence-electron chi connectivity index (χ1n) is 9.42. The summed E-state index contributed by atoms with van der Waals surface area (Å²) < 4.78 is 5.34. The van der Waals surface area contributed by atoms with Crippen LogP contribution >= 0.6 is 11.6 Å². The van der Waals surface area contributed by atoms with Crippen LogP contribution in [-0.4, -0.2) is 44.1 Å². The van der Waals surface area contributed by atoms with E-state index in [0.29, 0.717) is 53.2 Å². The van der Waals surface area contributed by atoms with Gasteiger partial charge in [0, 0.05) is 25.5 Å². The minimum Gasteiger partial charge on any atom is -0.444 e. The van der Waals surface area contributed by atoms with Crippen molar-refractivity contribution in [2.75, 3.05) is 18.4 Å². The van der Waals surface area contributed by atoms with Crippen LogP contribution in [0.2, 0.25) is 5.02 Å². The van der Waals surface area contributed by atoms with E-state index < -0.39 is 0 Å². The lowest BCUT2D eigenvalue weighted by Crippen LogP contribution is -2.38. The van der Waals surface area contributed by atoms with Gasteiger partial charge in [0.2, 0.25) is 5.89 Å². The molecular formula is C21H20ClN5O3. The highest BCUT2D eigenvalue weighted by molar-refractivity contribution is 6.32. The normalized spacial score (nSPS) is 13.8. The molecule has 4 heterocycles. The molecular weight excluding hydrogens is 406 g/mol. The summed E-state index contributed by atoms with van der Waals surface area (Å²) in [5, 5.41) is 12.4. The molecule has 0 aromatic carbocycles. The molecule has 3 aromatic rings. The minimum absolute atomic E-state index is 0.195. The molecule has 1 aliphatic heterocycles. The molecule has 0 saturated heterocycles. The van der Waals surface area contributed by atoms with Crippen molar-refractivity contribution in [2.45, 2.75) is 20.0 Å². The fourth-order valence-electron chi connectivity index (χ4n) is 3.10. The third-order valence-corrected chi connectivity index (χ3v) is 5.04. The van der Waals surface area contributed by atoms with Crippen LogP contribution in [0.15, 0.2) is 47.3 Å². The summed E-state index contributed by atoms with van der Waals surface area (Å²) in [5.74, 6) is 0.877. The predicted octanol–water partition coefficient (Wildman–Crippen LogP) is 3.91. The molecule has 4 rings (SSSR count). The van der Waals surface area contributed by atoms with Crippen LogP contribution in [0.3, 0.4) is 0 Å². The number of aliphatic hydroxyl groups excluding tert-OH is 1. The standard InChI is InChI=1S/C21H20ClN5O3/c1-13-2-3-18(23-9-13)26-21(29)27-6-4-14(5-7-27)19-17(22)8-15(10-24-19)20-25-16(11-28)12-30-20/h2-4,8-10,12,28H,5-7,11H2,1H3,(H,23,26,29). The smallest absolute Gasteiger partial charge is 0.323 e. The van der Waals surface area contributed by atoms with Crippen molar-refractivity contribution in [1.29, 1.82) is 0 Å². The van der Waals surface area contributed by atoms with Crippen molar-refractivity contribution in [3.63, 3.8) is 0 Å². The third-order valence-electron chi connectivity index (χ3n) is 4.75. The number of pyridine rings is 2. The zero-order chi connectivity index (χ0) is 21.1. The van der Waals surface area contributed by atoms with Crippen LogP contribution in [-0.2, 0) is 6.61 Å². The molecule has 1 aliphatic rings. The van der Waals surface area contributed by atoms with E-state index in [1.165, 1.54) is 6.26 Å².